The highest BCUT2D eigenvalue weighted by Gasteiger charge is 2.14. The predicted octanol–water partition coefficient (Wildman–Crippen LogP) is 0.918. The summed E-state index contributed by atoms with van der Waals surface area (Å²) in [6.07, 6.45) is 0.265. The highest BCUT2D eigenvalue weighted by Crippen LogP contribution is 2.09. The topological polar surface area (TPSA) is 75.4 Å². The lowest BCUT2D eigenvalue weighted by atomic mass is 10.0. The summed E-state index contributed by atoms with van der Waals surface area (Å²) in [6, 6.07) is 7.60. The smallest absolute Gasteiger partial charge is 0.239 e. The van der Waals surface area contributed by atoms with Gasteiger partial charge in [-0.2, -0.15) is 0 Å². The molecule has 5 heteroatoms. The van der Waals surface area contributed by atoms with Crippen molar-refractivity contribution in [3.8, 4) is 0 Å². The Morgan fingerprint density at radius 1 is 1.24 bits per heavy atom. The minimum absolute atomic E-state index is 0.0797. The van der Waals surface area contributed by atoms with Crippen molar-refractivity contribution in [2.75, 3.05) is 20.1 Å². The quantitative estimate of drug-likeness (QED) is 0.784. The largest absolute Gasteiger partial charge is 0.354 e. The Bertz CT molecular complexity index is 486. The SMILES string of the molecule is CC(C)CNC(=O)CN(C)C(=O)Cc1ccccc1CN. The third-order valence-electron chi connectivity index (χ3n) is 3.19. The van der Waals surface area contributed by atoms with Crippen molar-refractivity contribution in [1.29, 1.82) is 0 Å². The number of hydrogen-bond acceptors (Lipinski definition) is 3. The average molecular weight is 291 g/mol. The minimum atomic E-state index is -0.133. The second-order valence-electron chi connectivity index (χ2n) is 5.60. The molecule has 21 heavy (non-hydrogen) atoms. The number of carbonyl (C=O) groups is 2. The molecule has 1 aromatic carbocycles. The summed E-state index contributed by atoms with van der Waals surface area (Å²) in [6.45, 7) is 5.16. The van der Waals surface area contributed by atoms with Crippen molar-refractivity contribution in [3.05, 3.63) is 35.4 Å². The van der Waals surface area contributed by atoms with Gasteiger partial charge in [-0.25, -0.2) is 0 Å². The molecule has 0 aliphatic rings. The van der Waals surface area contributed by atoms with E-state index in [1.165, 1.54) is 4.90 Å². The van der Waals surface area contributed by atoms with Gasteiger partial charge in [0.1, 0.15) is 0 Å². The summed E-state index contributed by atoms with van der Waals surface area (Å²) in [7, 11) is 1.64. The third kappa shape index (κ3) is 5.95. The van der Waals surface area contributed by atoms with E-state index >= 15 is 0 Å². The molecule has 3 N–H and O–H groups in total. The molecule has 0 aliphatic carbocycles. The van der Waals surface area contributed by atoms with Crippen LogP contribution in [0.5, 0.6) is 0 Å². The van der Waals surface area contributed by atoms with E-state index in [9.17, 15) is 9.59 Å². The fourth-order valence-electron chi connectivity index (χ4n) is 1.90. The summed E-state index contributed by atoms with van der Waals surface area (Å²) in [4.78, 5) is 25.3. The van der Waals surface area contributed by atoms with E-state index in [2.05, 4.69) is 5.32 Å². The zero-order valence-electron chi connectivity index (χ0n) is 13.1. The molecule has 0 spiro atoms. The Hall–Kier alpha value is -1.88. The Labute approximate surface area is 126 Å². The van der Waals surface area contributed by atoms with E-state index in [4.69, 9.17) is 5.73 Å². The third-order valence-corrected chi connectivity index (χ3v) is 3.19. The summed E-state index contributed by atoms with van der Waals surface area (Å²) >= 11 is 0. The Kier molecular flexibility index (Phi) is 6.88. The van der Waals surface area contributed by atoms with E-state index in [0.29, 0.717) is 19.0 Å². The van der Waals surface area contributed by atoms with Gasteiger partial charge < -0.3 is 16.0 Å². The molecule has 0 unspecified atom stereocenters. The lowest BCUT2D eigenvalue weighted by molar-refractivity contribution is -0.134. The first kappa shape index (κ1) is 17.2. The van der Waals surface area contributed by atoms with Crippen LogP contribution in [0.3, 0.4) is 0 Å². The van der Waals surface area contributed by atoms with Gasteiger partial charge in [-0.3, -0.25) is 9.59 Å². The van der Waals surface area contributed by atoms with Gasteiger partial charge in [-0.1, -0.05) is 38.1 Å². The number of carbonyl (C=O) groups excluding carboxylic acids is 2. The fourth-order valence-corrected chi connectivity index (χ4v) is 1.90. The van der Waals surface area contributed by atoms with Crippen LogP contribution in [0.4, 0.5) is 0 Å². The van der Waals surface area contributed by atoms with Crippen LogP contribution in [-0.2, 0) is 22.6 Å². The molecule has 0 fully saturated rings. The molecule has 5 nitrogen and oxygen atoms in total. The average Bonchev–Trinajstić information content (AvgIpc) is 2.45. The molecular weight excluding hydrogens is 266 g/mol. The number of benzene rings is 1. The van der Waals surface area contributed by atoms with E-state index in [1.54, 1.807) is 7.05 Å². The van der Waals surface area contributed by atoms with Crippen LogP contribution in [0.25, 0.3) is 0 Å². The molecule has 0 aromatic heterocycles. The van der Waals surface area contributed by atoms with Gasteiger partial charge in [0.25, 0.3) is 0 Å². The maximum atomic E-state index is 12.2. The number of nitrogens with one attached hydrogen (secondary N) is 1. The molecule has 0 saturated heterocycles. The van der Waals surface area contributed by atoms with Gasteiger partial charge >= 0.3 is 0 Å². The second kappa shape index (κ2) is 8.42. The van der Waals surface area contributed by atoms with Gasteiger partial charge in [0, 0.05) is 20.1 Å². The van der Waals surface area contributed by atoms with E-state index in [-0.39, 0.29) is 24.8 Å². The molecule has 0 atom stereocenters. The van der Waals surface area contributed by atoms with Gasteiger partial charge in [0.2, 0.25) is 11.8 Å². The number of nitrogens with zero attached hydrogens (tertiary/aromatic N) is 1. The Balaban J connectivity index is 2.53. The zero-order valence-corrected chi connectivity index (χ0v) is 13.1. The first-order chi connectivity index (χ1) is 9.93. The number of likely N-dealkylation sites (N-methyl/N-ethyl adjacent to an activating group) is 1. The van der Waals surface area contributed by atoms with Crippen molar-refractivity contribution in [1.82, 2.24) is 10.2 Å². The van der Waals surface area contributed by atoms with Crippen molar-refractivity contribution in [2.24, 2.45) is 11.7 Å². The molecule has 2 amide bonds. The molecule has 0 saturated carbocycles. The number of nitrogens with two attached hydrogens (primary N) is 1. The summed E-state index contributed by atoms with van der Waals surface area (Å²) in [5.74, 6) is 0.175. The molecule has 1 rings (SSSR count). The van der Waals surface area contributed by atoms with Crippen LogP contribution in [-0.4, -0.2) is 36.9 Å². The van der Waals surface area contributed by atoms with Gasteiger partial charge in [-0.15, -0.1) is 0 Å². The normalized spacial score (nSPS) is 10.5. The summed E-state index contributed by atoms with van der Waals surface area (Å²) in [5.41, 5.74) is 7.54. The van der Waals surface area contributed by atoms with Crippen LogP contribution < -0.4 is 11.1 Å². The standard InChI is InChI=1S/C16H25N3O2/c1-12(2)10-18-15(20)11-19(3)16(21)8-13-6-4-5-7-14(13)9-17/h4-7,12H,8-11,17H2,1-3H3,(H,18,20). The van der Waals surface area contributed by atoms with E-state index in [0.717, 1.165) is 11.1 Å². The zero-order chi connectivity index (χ0) is 15.8. The predicted molar refractivity (Wildman–Crippen MR) is 83.5 cm³/mol. The van der Waals surface area contributed by atoms with Crippen molar-refractivity contribution < 1.29 is 9.59 Å². The lowest BCUT2D eigenvalue weighted by Crippen LogP contribution is -2.40. The van der Waals surface area contributed by atoms with Crippen LogP contribution in [0.2, 0.25) is 0 Å². The maximum Gasteiger partial charge on any atom is 0.239 e. The van der Waals surface area contributed by atoms with Crippen molar-refractivity contribution in [2.45, 2.75) is 26.8 Å². The Morgan fingerprint density at radius 3 is 2.43 bits per heavy atom. The highest BCUT2D eigenvalue weighted by atomic mass is 16.2. The molecular formula is C16H25N3O2. The molecule has 0 bridgehead atoms. The maximum absolute atomic E-state index is 12.2. The van der Waals surface area contributed by atoms with Gasteiger partial charge in [0.05, 0.1) is 13.0 Å². The van der Waals surface area contributed by atoms with Crippen LogP contribution >= 0.6 is 0 Å². The van der Waals surface area contributed by atoms with Crippen molar-refractivity contribution in [3.63, 3.8) is 0 Å². The lowest BCUT2D eigenvalue weighted by Gasteiger charge is -2.18. The fraction of sp³-hybridized carbons (Fsp3) is 0.500. The highest BCUT2D eigenvalue weighted by molar-refractivity contribution is 5.85. The second-order valence-corrected chi connectivity index (χ2v) is 5.60. The molecule has 1 aromatic rings. The number of hydrogen-bond donors (Lipinski definition) is 2. The van der Waals surface area contributed by atoms with Gasteiger partial charge in [0.15, 0.2) is 0 Å². The molecule has 0 radical (unpaired) electrons. The first-order valence-electron chi connectivity index (χ1n) is 7.21. The Morgan fingerprint density at radius 2 is 1.86 bits per heavy atom. The van der Waals surface area contributed by atoms with Crippen LogP contribution in [0.15, 0.2) is 24.3 Å². The molecule has 0 heterocycles. The summed E-state index contributed by atoms with van der Waals surface area (Å²) < 4.78 is 0. The monoisotopic (exact) mass is 291 g/mol. The molecule has 116 valence electrons. The van der Waals surface area contributed by atoms with Gasteiger partial charge in [-0.05, 0) is 17.0 Å². The van der Waals surface area contributed by atoms with E-state index < -0.39 is 0 Å². The van der Waals surface area contributed by atoms with Crippen LogP contribution in [0.1, 0.15) is 25.0 Å². The van der Waals surface area contributed by atoms with Crippen molar-refractivity contribution >= 4 is 11.8 Å². The minimum Gasteiger partial charge on any atom is -0.354 e. The number of rotatable bonds is 7. The summed E-state index contributed by atoms with van der Waals surface area (Å²) in [5, 5.41) is 2.80. The number of amides is 2. The molecule has 0 aliphatic heterocycles. The first-order valence-corrected chi connectivity index (χ1v) is 7.21. The van der Waals surface area contributed by atoms with E-state index in [1.807, 2.05) is 38.1 Å². The van der Waals surface area contributed by atoms with Crippen LogP contribution in [0, 0.1) is 5.92 Å².